The average Bonchev–Trinajstić information content (AvgIpc) is 2.72. The maximum Gasteiger partial charge on any atom is 0.0456 e. The summed E-state index contributed by atoms with van der Waals surface area (Å²) in [5.41, 5.74) is 2.71. The molecular formula is C15H19N. The van der Waals surface area contributed by atoms with Crippen LogP contribution in [0.3, 0.4) is 0 Å². The number of rotatable bonds is 2. The van der Waals surface area contributed by atoms with E-state index in [1.54, 1.807) is 0 Å². The number of para-hydroxylation sites is 1. The van der Waals surface area contributed by atoms with Crippen LogP contribution in [-0.4, -0.2) is 4.98 Å². The number of aromatic amines is 1. The van der Waals surface area contributed by atoms with E-state index >= 15 is 0 Å². The third-order valence-electron chi connectivity index (χ3n) is 3.82. The molecule has 2 aromatic rings. The van der Waals surface area contributed by atoms with E-state index in [4.69, 9.17) is 0 Å². The van der Waals surface area contributed by atoms with Crippen LogP contribution < -0.4 is 0 Å². The molecule has 84 valence electrons. The van der Waals surface area contributed by atoms with Gasteiger partial charge in [0.15, 0.2) is 0 Å². The van der Waals surface area contributed by atoms with E-state index < -0.39 is 0 Å². The topological polar surface area (TPSA) is 15.8 Å². The monoisotopic (exact) mass is 213 g/mol. The van der Waals surface area contributed by atoms with E-state index in [0.29, 0.717) is 0 Å². The van der Waals surface area contributed by atoms with Crippen molar-refractivity contribution < 1.29 is 0 Å². The Kier molecular flexibility index (Phi) is 2.69. The Morgan fingerprint density at radius 1 is 1.06 bits per heavy atom. The van der Waals surface area contributed by atoms with E-state index in [0.717, 1.165) is 5.92 Å². The smallest absolute Gasteiger partial charge is 0.0456 e. The van der Waals surface area contributed by atoms with Gasteiger partial charge in [0, 0.05) is 11.2 Å². The first-order chi connectivity index (χ1) is 7.92. The Bertz CT molecular complexity index is 430. The summed E-state index contributed by atoms with van der Waals surface area (Å²) in [5, 5.41) is 1.35. The number of fused-ring (bicyclic) bond motifs is 1. The molecule has 0 amide bonds. The second-order valence-corrected chi connectivity index (χ2v) is 5.09. The number of benzene rings is 1. The molecule has 0 unspecified atom stereocenters. The summed E-state index contributed by atoms with van der Waals surface area (Å²) < 4.78 is 0. The fourth-order valence-corrected chi connectivity index (χ4v) is 2.95. The Morgan fingerprint density at radius 2 is 1.88 bits per heavy atom. The first-order valence-electron chi connectivity index (χ1n) is 6.48. The third-order valence-corrected chi connectivity index (χ3v) is 3.82. The molecule has 0 bridgehead atoms. The van der Waals surface area contributed by atoms with Gasteiger partial charge in [0.05, 0.1) is 0 Å². The lowest BCUT2D eigenvalue weighted by Gasteiger charge is -2.20. The molecule has 3 rings (SSSR count). The average molecular weight is 213 g/mol. The first-order valence-corrected chi connectivity index (χ1v) is 6.48. The Balaban J connectivity index is 1.78. The highest BCUT2D eigenvalue weighted by atomic mass is 14.7. The SMILES string of the molecule is c1ccc2[nH]c(CC3CCCCC3)cc2c1. The lowest BCUT2D eigenvalue weighted by Crippen LogP contribution is -2.09. The van der Waals surface area contributed by atoms with Crippen molar-refractivity contribution in [3.8, 4) is 0 Å². The molecule has 0 saturated heterocycles. The molecule has 1 heteroatoms. The number of aromatic nitrogens is 1. The first kappa shape index (κ1) is 9.95. The Morgan fingerprint density at radius 3 is 2.69 bits per heavy atom. The molecule has 1 nitrogen and oxygen atoms in total. The minimum atomic E-state index is 0.918. The Labute approximate surface area is 96.9 Å². The van der Waals surface area contributed by atoms with Crippen LogP contribution in [0.1, 0.15) is 37.8 Å². The van der Waals surface area contributed by atoms with Gasteiger partial charge in [-0.25, -0.2) is 0 Å². The molecule has 1 saturated carbocycles. The summed E-state index contributed by atoms with van der Waals surface area (Å²) in [5.74, 6) is 0.918. The molecule has 16 heavy (non-hydrogen) atoms. The van der Waals surface area contributed by atoms with Crippen LogP contribution in [0, 0.1) is 5.92 Å². The lowest BCUT2D eigenvalue weighted by molar-refractivity contribution is 0.355. The molecule has 1 heterocycles. The molecule has 0 spiro atoms. The zero-order valence-electron chi connectivity index (χ0n) is 9.71. The largest absolute Gasteiger partial charge is 0.358 e. The van der Waals surface area contributed by atoms with Crippen molar-refractivity contribution in [3.63, 3.8) is 0 Å². The normalized spacial score (nSPS) is 18.0. The van der Waals surface area contributed by atoms with E-state index in [1.807, 2.05) is 0 Å². The van der Waals surface area contributed by atoms with Crippen molar-refractivity contribution >= 4 is 10.9 Å². The van der Waals surface area contributed by atoms with Crippen molar-refractivity contribution in [1.82, 2.24) is 4.98 Å². The number of hydrogen-bond acceptors (Lipinski definition) is 0. The summed E-state index contributed by atoms with van der Waals surface area (Å²) in [6, 6.07) is 10.9. The minimum Gasteiger partial charge on any atom is -0.358 e. The van der Waals surface area contributed by atoms with Gasteiger partial charge in [-0.3, -0.25) is 0 Å². The van der Waals surface area contributed by atoms with Crippen LogP contribution in [-0.2, 0) is 6.42 Å². The maximum atomic E-state index is 3.54. The fourth-order valence-electron chi connectivity index (χ4n) is 2.95. The van der Waals surface area contributed by atoms with Crippen LogP contribution >= 0.6 is 0 Å². The summed E-state index contributed by atoms with van der Waals surface area (Å²) in [4.78, 5) is 3.54. The fraction of sp³-hybridized carbons (Fsp3) is 0.467. The third kappa shape index (κ3) is 1.99. The molecule has 1 aliphatic carbocycles. The van der Waals surface area contributed by atoms with Crippen LogP contribution in [0.25, 0.3) is 10.9 Å². The van der Waals surface area contributed by atoms with Gasteiger partial charge < -0.3 is 4.98 Å². The number of hydrogen-bond donors (Lipinski definition) is 1. The zero-order chi connectivity index (χ0) is 10.8. The molecule has 1 aliphatic rings. The van der Waals surface area contributed by atoms with Crippen LogP contribution in [0.2, 0.25) is 0 Å². The highest BCUT2D eigenvalue weighted by Crippen LogP contribution is 2.27. The van der Waals surface area contributed by atoms with Gasteiger partial charge >= 0.3 is 0 Å². The summed E-state index contributed by atoms with van der Waals surface area (Å²) in [6.07, 6.45) is 8.42. The highest BCUT2D eigenvalue weighted by molar-refractivity contribution is 5.80. The summed E-state index contributed by atoms with van der Waals surface area (Å²) in [6.45, 7) is 0. The predicted octanol–water partition coefficient (Wildman–Crippen LogP) is 4.29. The molecule has 1 aromatic heterocycles. The second kappa shape index (κ2) is 4.32. The summed E-state index contributed by atoms with van der Waals surface area (Å²) >= 11 is 0. The molecule has 1 N–H and O–H groups in total. The Hall–Kier alpha value is -1.24. The van der Waals surface area contributed by atoms with Crippen LogP contribution in [0.4, 0.5) is 0 Å². The molecule has 0 aliphatic heterocycles. The van der Waals surface area contributed by atoms with Gasteiger partial charge in [-0.05, 0) is 29.9 Å². The van der Waals surface area contributed by atoms with Gasteiger partial charge in [-0.1, -0.05) is 50.3 Å². The maximum absolute atomic E-state index is 3.54. The lowest BCUT2D eigenvalue weighted by atomic mass is 9.86. The number of nitrogens with one attached hydrogen (secondary N) is 1. The van der Waals surface area contributed by atoms with Gasteiger partial charge in [-0.2, -0.15) is 0 Å². The van der Waals surface area contributed by atoms with Crippen molar-refractivity contribution in [2.45, 2.75) is 38.5 Å². The minimum absolute atomic E-state index is 0.918. The molecule has 0 atom stereocenters. The second-order valence-electron chi connectivity index (χ2n) is 5.09. The van der Waals surface area contributed by atoms with Gasteiger partial charge in [-0.15, -0.1) is 0 Å². The van der Waals surface area contributed by atoms with E-state index in [2.05, 4.69) is 35.3 Å². The van der Waals surface area contributed by atoms with Gasteiger partial charge in [0.25, 0.3) is 0 Å². The van der Waals surface area contributed by atoms with Gasteiger partial charge in [0.1, 0.15) is 0 Å². The highest BCUT2D eigenvalue weighted by Gasteiger charge is 2.14. The molecule has 1 aromatic carbocycles. The predicted molar refractivity (Wildman–Crippen MR) is 68.6 cm³/mol. The van der Waals surface area contributed by atoms with E-state index in [9.17, 15) is 0 Å². The van der Waals surface area contributed by atoms with Crippen molar-refractivity contribution in [2.75, 3.05) is 0 Å². The van der Waals surface area contributed by atoms with Gasteiger partial charge in [0.2, 0.25) is 0 Å². The van der Waals surface area contributed by atoms with Crippen LogP contribution in [0.15, 0.2) is 30.3 Å². The van der Waals surface area contributed by atoms with Crippen LogP contribution in [0.5, 0.6) is 0 Å². The van der Waals surface area contributed by atoms with E-state index in [-0.39, 0.29) is 0 Å². The quantitative estimate of drug-likeness (QED) is 0.766. The standard InChI is InChI=1S/C15H19N/c1-2-6-12(7-3-1)10-14-11-13-8-4-5-9-15(13)16-14/h4-5,8-9,11-12,16H,1-3,6-7,10H2. The zero-order valence-corrected chi connectivity index (χ0v) is 9.71. The molecule has 1 fully saturated rings. The van der Waals surface area contributed by atoms with Crippen molar-refractivity contribution in [2.24, 2.45) is 5.92 Å². The van der Waals surface area contributed by atoms with Crippen molar-refractivity contribution in [1.29, 1.82) is 0 Å². The summed E-state index contributed by atoms with van der Waals surface area (Å²) in [7, 11) is 0. The van der Waals surface area contributed by atoms with E-state index in [1.165, 1.54) is 55.1 Å². The number of H-pyrrole nitrogens is 1. The molecule has 0 radical (unpaired) electrons. The van der Waals surface area contributed by atoms with Crippen molar-refractivity contribution in [3.05, 3.63) is 36.0 Å². The molecular weight excluding hydrogens is 194 g/mol.